The van der Waals surface area contributed by atoms with Crippen molar-refractivity contribution >= 4 is 5.97 Å². The molecule has 2 aliphatic rings. The Labute approximate surface area is 104 Å². The van der Waals surface area contributed by atoms with E-state index in [-0.39, 0.29) is 6.04 Å². The molecule has 0 amide bonds. The number of hydrogen-bond donors (Lipinski definition) is 1. The van der Waals surface area contributed by atoms with Crippen LogP contribution in [0.5, 0.6) is 0 Å². The van der Waals surface area contributed by atoms with Gasteiger partial charge in [-0.25, -0.2) is 0 Å². The van der Waals surface area contributed by atoms with Crippen LogP contribution < -0.4 is 0 Å². The number of carboxylic acids is 1. The van der Waals surface area contributed by atoms with Crippen LogP contribution >= 0.6 is 0 Å². The van der Waals surface area contributed by atoms with Crippen molar-refractivity contribution < 1.29 is 9.90 Å². The Morgan fingerprint density at radius 1 is 1.29 bits per heavy atom. The first-order chi connectivity index (χ1) is 8.16. The fourth-order valence-corrected chi connectivity index (χ4v) is 3.54. The lowest BCUT2D eigenvalue weighted by Crippen LogP contribution is -2.37. The van der Waals surface area contributed by atoms with Gasteiger partial charge in [0.1, 0.15) is 6.04 Å². The molecule has 1 aliphatic heterocycles. The summed E-state index contributed by atoms with van der Waals surface area (Å²) in [6.07, 6.45) is 8.57. The minimum atomic E-state index is -0.625. The van der Waals surface area contributed by atoms with Crippen LogP contribution in [0.4, 0.5) is 0 Å². The Hall–Kier alpha value is -0.570. The molecule has 1 aliphatic carbocycles. The van der Waals surface area contributed by atoms with Gasteiger partial charge in [0, 0.05) is 0 Å². The van der Waals surface area contributed by atoms with Crippen molar-refractivity contribution in [3.63, 3.8) is 0 Å². The quantitative estimate of drug-likeness (QED) is 0.820. The number of aliphatic carboxylic acids is 1. The Balaban J connectivity index is 1.75. The molecule has 98 valence electrons. The fraction of sp³-hybridized carbons (Fsp3) is 0.929. The SMILES string of the molecule is CC1CCCC(CCN2CCC[C@@H]2C(=O)O)C1. The molecule has 3 nitrogen and oxygen atoms in total. The van der Waals surface area contributed by atoms with Gasteiger partial charge < -0.3 is 5.11 Å². The molecular formula is C14H25NO2. The number of likely N-dealkylation sites (tertiary alicyclic amines) is 1. The van der Waals surface area contributed by atoms with E-state index in [1.165, 1.54) is 32.1 Å². The lowest BCUT2D eigenvalue weighted by atomic mass is 9.81. The van der Waals surface area contributed by atoms with Crippen LogP contribution in [-0.2, 0) is 4.79 Å². The summed E-state index contributed by atoms with van der Waals surface area (Å²) >= 11 is 0. The highest BCUT2D eigenvalue weighted by Crippen LogP contribution is 2.31. The van der Waals surface area contributed by atoms with Crippen molar-refractivity contribution in [2.75, 3.05) is 13.1 Å². The average molecular weight is 239 g/mol. The van der Waals surface area contributed by atoms with Crippen LogP contribution in [0.25, 0.3) is 0 Å². The Morgan fingerprint density at radius 2 is 2.12 bits per heavy atom. The van der Waals surface area contributed by atoms with Gasteiger partial charge in [0.25, 0.3) is 0 Å². The summed E-state index contributed by atoms with van der Waals surface area (Å²) in [7, 11) is 0. The Bertz CT molecular complexity index is 267. The van der Waals surface area contributed by atoms with Crippen molar-refractivity contribution in [1.82, 2.24) is 4.90 Å². The normalized spacial score (nSPS) is 35.0. The maximum atomic E-state index is 11.1. The second-order valence-corrected chi connectivity index (χ2v) is 5.96. The van der Waals surface area contributed by atoms with Gasteiger partial charge in [0.2, 0.25) is 0 Å². The molecule has 2 fully saturated rings. The second kappa shape index (κ2) is 5.85. The van der Waals surface area contributed by atoms with E-state index in [9.17, 15) is 4.79 Å². The summed E-state index contributed by atoms with van der Waals surface area (Å²) in [5, 5.41) is 9.12. The third kappa shape index (κ3) is 3.44. The Kier molecular flexibility index (Phi) is 4.43. The van der Waals surface area contributed by atoms with Crippen LogP contribution in [0.15, 0.2) is 0 Å². The van der Waals surface area contributed by atoms with Gasteiger partial charge in [-0.1, -0.05) is 26.2 Å². The van der Waals surface area contributed by atoms with E-state index in [4.69, 9.17) is 5.11 Å². The molecule has 3 atom stereocenters. The summed E-state index contributed by atoms with van der Waals surface area (Å²) in [5.41, 5.74) is 0. The van der Waals surface area contributed by atoms with E-state index >= 15 is 0 Å². The molecule has 0 aromatic heterocycles. The monoisotopic (exact) mass is 239 g/mol. The van der Waals surface area contributed by atoms with Crippen LogP contribution in [0.1, 0.15) is 51.9 Å². The summed E-state index contributed by atoms with van der Waals surface area (Å²) in [5.74, 6) is 1.09. The molecule has 1 saturated carbocycles. The number of rotatable bonds is 4. The van der Waals surface area contributed by atoms with Crippen molar-refractivity contribution in [1.29, 1.82) is 0 Å². The first kappa shape index (κ1) is 12.9. The van der Waals surface area contributed by atoms with Crippen molar-refractivity contribution in [3.05, 3.63) is 0 Å². The molecule has 17 heavy (non-hydrogen) atoms. The molecule has 1 heterocycles. The lowest BCUT2D eigenvalue weighted by molar-refractivity contribution is -0.142. The average Bonchev–Trinajstić information content (AvgIpc) is 2.74. The summed E-state index contributed by atoms with van der Waals surface area (Å²) in [4.78, 5) is 13.3. The van der Waals surface area contributed by atoms with Gasteiger partial charge in [-0.05, 0) is 50.6 Å². The molecule has 2 rings (SSSR count). The molecule has 0 bridgehead atoms. The van der Waals surface area contributed by atoms with Gasteiger partial charge >= 0.3 is 5.97 Å². The van der Waals surface area contributed by atoms with Crippen LogP contribution in [0.3, 0.4) is 0 Å². The standard InChI is InChI=1S/C14H25NO2/c1-11-4-2-5-12(10-11)7-9-15-8-3-6-13(15)14(16)17/h11-13H,2-10H2,1H3,(H,16,17)/t11?,12?,13-/m1/s1. The fourth-order valence-electron chi connectivity index (χ4n) is 3.54. The third-order valence-corrected chi connectivity index (χ3v) is 4.52. The smallest absolute Gasteiger partial charge is 0.320 e. The molecule has 1 saturated heterocycles. The maximum absolute atomic E-state index is 11.1. The molecule has 0 aromatic carbocycles. The molecule has 0 spiro atoms. The Morgan fingerprint density at radius 3 is 2.82 bits per heavy atom. The predicted octanol–water partition coefficient (Wildman–Crippen LogP) is 2.75. The maximum Gasteiger partial charge on any atom is 0.320 e. The highest BCUT2D eigenvalue weighted by Gasteiger charge is 2.30. The van der Waals surface area contributed by atoms with E-state index in [0.717, 1.165) is 37.8 Å². The van der Waals surface area contributed by atoms with Crippen LogP contribution in [0.2, 0.25) is 0 Å². The highest BCUT2D eigenvalue weighted by molar-refractivity contribution is 5.73. The zero-order valence-electron chi connectivity index (χ0n) is 10.9. The largest absolute Gasteiger partial charge is 0.480 e. The minimum Gasteiger partial charge on any atom is -0.480 e. The first-order valence-electron chi connectivity index (χ1n) is 7.13. The van der Waals surface area contributed by atoms with Crippen LogP contribution in [0, 0.1) is 11.8 Å². The first-order valence-corrected chi connectivity index (χ1v) is 7.13. The van der Waals surface area contributed by atoms with E-state index in [1.54, 1.807) is 0 Å². The number of hydrogen-bond acceptors (Lipinski definition) is 2. The number of carbonyl (C=O) groups is 1. The van der Waals surface area contributed by atoms with Crippen molar-refractivity contribution in [3.8, 4) is 0 Å². The van der Waals surface area contributed by atoms with Gasteiger partial charge in [-0.15, -0.1) is 0 Å². The molecule has 1 N–H and O–H groups in total. The summed E-state index contributed by atoms with van der Waals surface area (Å²) in [6.45, 7) is 4.33. The zero-order valence-corrected chi connectivity index (χ0v) is 10.9. The van der Waals surface area contributed by atoms with Gasteiger partial charge in [0.15, 0.2) is 0 Å². The lowest BCUT2D eigenvalue weighted by Gasteiger charge is -2.29. The topological polar surface area (TPSA) is 40.5 Å². The molecular weight excluding hydrogens is 214 g/mol. The zero-order chi connectivity index (χ0) is 12.3. The van der Waals surface area contributed by atoms with Crippen LogP contribution in [-0.4, -0.2) is 35.1 Å². The minimum absolute atomic E-state index is 0.198. The van der Waals surface area contributed by atoms with E-state index in [2.05, 4.69) is 11.8 Å². The number of carboxylic acid groups (broad SMARTS) is 1. The molecule has 0 aromatic rings. The van der Waals surface area contributed by atoms with Gasteiger partial charge in [-0.3, -0.25) is 9.69 Å². The summed E-state index contributed by atoms with van der Waals surface area (Å²) in [6, 6.07) is -0.198. The molecule has 0 radical (unpaired) electrons. The molecule has 2 unspecified atom stereocenters. The molecule has 3 heteroatoms. The highest BCUT2D eigenvalue weighted by atomic mass is 16.4. The van der Waals surface area contributed by atoms with Crippen molar-refractivity contribution in [2.24, 2.45) is 11.8 Å². The van der Waals surface area contributed by atoms with Crippen molar-refractivity contribution in [2.45, 2.75) is 57.9 Å². The van der Waals surface area contributed by atoms with E-state index in [0.29, 0.717) is 0 Å². The number of nitrogens with zero attached hydrogens (tertiary/aromatic N) is 1. The van der Waals surface area contributed by atoms with E-state index < -0.39 is 5.97 Å². The van der Waals surface area contributed by atoms with Gasteiger partial charge in [-0.2, -0.15) is 0 Å². The second-order valence-electron chi connectivity index (χ2n) is 5.96. The van der Waals surface area contributed by atoms with Gasteiger partial charge in [0.05, 0.1) is 0 Å². The summed E-state index contributed by atoms with van der Waals surface area (Å²) < 4.78 is 0. The van der Waals surface area contributed by atoms with E-state index in [1.807, 2.05) is 0 Å². The third-order valence-electron chi connectivity index (χ3n) is 4.52. The predicted molar refractivity (Wildman–Crippen MR) is 68.0 cm³/mol.